The van der Waals surface area contributed by atoms with E-state index in [-0.39, 0.29) is 5.75 Å². The molecule has 1 aliphatic rings. The largest absolute Gasteiger partial charge is 0.380 e. The number of sulfone groups is 1. The molecule has 1 atom stereocenters. The maximum Gasteiger partial charge on any atom is 0.157 e. The first-order valence-electron chi connectivity index (χ1n) is 6.86. The monoisotopic (exact) mass is 277 g/mol. The predicted molar refractivity (Wildman–Crippen MR) is 74.6 cm³/mol. The summed E-state index contributed by atoms with van der Waals surface area (Å²) in [6.45, 7) is 7.25. The highest BCUT2D eigenvalue weighted by atomic mass is 32.2. The molecule has 5 heteroatoms. The van der Waals surface area contributed by atoms with Crippen molar-refractivity contribution in [1.29, 1.82) is 0 Å². The number of ether oxygens (including phenoxy) is 1. The second kappa shape index (κ2) is 6.87. The van der Waals surface area contributed by atoms with Crippen LogP contribution in [0.4, 0.5) is 0 Å². The van der Waals surface area contributed by atoms with Crippen LogP contribution in [-0.2, 0) is 14.6 Å². The van der Waals surface area contributed by atoms with Gasteiger partial charge in [0.15, 0.2) is 9.84 Å². The summed E-state index contributed by atoms with van der Waals surface area (Å²) in [7, 11) is -3.04. The van der Waals surface area contributed by atoms with E-state index < -0.39 is 14.6 Å². The lowest BCUT2D eigenvalue weighted by atomic mass is 10.0. The van der Waals surface area contributed by atoms with Crippen molar-refractivity contribution in [2.75, 3.05) is 25.5 Å². The van der Waals surface area contributed by atoms with E-state index >= 15 is 0 Å². The third-order valence-corrected chi connectivity index (χ3v) is 6.02. The fourth-order valence-corrected chi connectivity index (χ4v) is 2.92. The molecule has 1 aliphatic heterocycles. The highest BCUT2D eigenvalue weighted by molar-refractivity contribution is 7.92. The summed E-state index contributed by atoms with van der Waals surface area (Å²) in [5.74, 6) is 0.120. The van der Waals surface area contributed by atoms with Gasteiger partial charge in [0.2, 0.25) is 0 Å². The lowest BCUT2D eigenvalue weighted by Crippen LogP contribution is -2.35. The summed E-state index contributed by atoms with van der Waals surface area (Å²) in [6, 6.07) is 0.554. The van der Waals surface area contributed by atoms with E-state index in [4.69, 9.17) is 4.74 Å². The number of nitrogens with one attached hydrogen (secondary N) is 1. The van der Waals surface area contributed by atoms with E-state index in [1.165, 1.54) is 19.3 Å². The van der Waals surface area contributed by atoms with Gasteiger partial charge in [0.25, 0.3) is 0 Å². The summed E-state index contributed by atoms with van der Waals surface area (Å²) in [6.07, 6.45) is 4.75. The van der Waals surface area contributed by atoms with Crippen LogP contribution in [0.1, 0.15) is 46.5 Å². The fraction of sp³-hybridized carbons (Fsp3) is 1.00. The minimum atomic E-state index is -3.04. The van der Waals surface area contributed by atoms with Crippen LogP contribution in [0.2, 0.25) is 0 Å². The molecular weight excluding hydrogens is 250 g/mol. The Morgan fingerprint density at radius 3 is 2.50 bits per heavy atom. The van der Waals surface area contributed by atoms with Crippen LogP contribution in [0.5, 0.6) is 0 Å². The van der Waals surface area contributed by atoms with Gasteiger partial charge in [-0.1, -0.05) is 6.42 Å². The van der Waals surface area contributed by atoms with Crippen LogP contribution in [0, 0.1) is 0 Å². The van der Waals surface area contributed by atoms with Gasteiger partial charge in [0, 0.05) is 12.6 Å². The van der Waals surface area contributed by atoms with Crippen LogP contribution in [0.25, 0.3) is 0 Å². The van der Waals surface area contributed by atoms with Crippen LogP contribution in [-0.4, -0.2) is 44.7 Å². The smallest absolute Gasteiger partial charge is 0.157 e. The zero-order valence-corrected chi connectivity index (χ0v) is 12.7. The first-order chi connectivity index (χ1) is 8.33. The SMILES string of the molecule is CC(C)(C)S(=O)(=O)CCOCCC1CCCCN1. The van der Waals surface area contributed by atoms with Gasteiger partial charge < -0.3 is 10.1 Å². The molecule has 0 aromatic rings. The number of piperidine rings is 1. The van der Waals surface area contributed by atoms with Gasteiger partial charge in [-0.25, -0.2) is 8.42 Å². The molecule has 0 bridgehead atoms. The summed E-state index contributed by atoms with van der Waals surface area (Å²) < 4.78 is 28.4. The van der Waals surface area contributed by atoms with Crippen molar-refractivity contribution in [3.8, 4) is 0 Å². The Morgan fingerprint density at radius 2 is 1.94 bits per heavy atom. The molecule has 18 heavy (non-hydrogen) atoms. The van der Waals surface area contributed by atoms with Crippen LogP contribution >= 0.6 is 0 Å². The zero-order valence-electron chi connectivity index (χ0n) is 11.9. The molecule has 0 aromatic heterocycles. The molecule has 0 amide bonds. The summed E-state index contributed by atoms with van der Waals surface area (Å²) in [4.78, 5) is 0. The van der Waals surface area contributed by atoms with Crippen molar-refractivity contribution in [3.05, 3.63) is 0 Å². The maximum absolute atomic E-state index is 11.8. The zero-order chi connectivity index (χ0) is 13.6. The second-order valence-corrected chi connectivity index (χ2v) is 8.84. The topological polar surface area (TPSA) is 55.4 Å². The molecule has 0 spiro atoms. The van der Waals surface area contributed by atoms with Crippen LogP contribution < -0.4 is 5.32 Å². The Kier molecular flexibility index (Phi) is 6.08. The number of hydrogen-bond acceptors (Lipinski definition) is 4. The molecule has 1 fully saturated rings. The normalized spacial score (nSPS) is 22.1. The molecule has 4 nitrogen and oxygen atoms in total. The quantitative estimate of drug-likeness (QED) is 0.752. The molecule has 1 saturated heterocycles. The van der Waals surface area contributed by atoms with Gasteiger partial charge in [-0.05, 0) is 46.6 Å². The van der Waals surface area contributed by atoms with Crippen molar-refractivity contribution >= 4 is 9.84 Å². The molecule has 0 aromatic carbocycles. The van der Waals surface area contributed by atoms with Crippen molar-refractivity contribution in [2.24, 2.45) is 0 Å². The van der Waals surface area contributed by atoms with Crippen LogP contribution in [0.3, 0.4) is 0 Å². The standard InChI is InChI=1S/C13H27NO3S/c1-13(2,3)18(15,16)11-10-17-9-7-12-6-4-5-8-14-12/h12,14H,4-11H2,1-3H3. The first kappa shape index (κ1) is 15.9. The number of rotatable bonds is 6. The van der Waals surface area contributed by atoms with E-state index in [1.807, 2.05) is 0 Å². The van der Waals surface area contributed by atoms with Crippen molar-refractivity contribution in [2.45, 2.75) is 57.2 Å². The minimum Gasteiger partial charge on any atom is -0.380 e. The van der Waals surface area contributed by atoms with Crippen molar-refractivity contribution < 1.29 is 13.2 Å². The molecule has 1 unspecified atom stereocenters. The third-order valence-electron chi connectivity index (χ3n) is 3.45. The first-order valence-corrected chi connectivity index (χ1v) is 8.51. The molecule has 1 rings (SSSR count). The number of hydrogen-bond donors (Lipinski definition) is 1. The van der Waals surface area contributed by atoms with Gasteiger partial charge in [0.05, 0.1) is 17.1 Å². The predicted octanol–water partition coefficient (Wildman–Crippen LogP) is 1.75. The van der Waals surface area contributed by atoms with E-state index in [9.17, 15) is 8.42 Å². The maximum atomic E-state index is 11.8. The Balaban J connectivity index is 2.11. The summed E-state index contributed by atoms with van der Waals surface area (Å²) in [5, 5.41) is 3.45. The Bertz CT molecular complexity index is 327. The second-order valence-electron chi connectivity index (χ2n) is 5.98. The van der Waals surface area contributed by atoms with Crippen LogP contribution in [0.15, 0.2) is 0 Å². The van der Waals surface area contributed by atoms with E-state index in [2.05, 4.69) is 5.32 Å². The fourth-order valence-electron chi connectivity index (χ4n) is 1.97. The Morgan fingerprint density at radius 1 is 1.22 bits per heavy atom. The summed E-state index contributed by atoms with van der Waals surface area (Å²) in [5.41, 5.74) is 0. The lowest BCUT2D eigenvalue weighted by molar-refractivity contribution is 0.134. The van der Waals surface area contributed by atoms with E-state index in [0.717, 1.165) is 13.0 Å². The lowest BCUT2D eigenvalue weighted by Gasteiger charge is -2.23. The average molecular weight is 277 g/mol. The summed E-state index contributed by atoms with van der Waals surface area (Å²) >= 11 is 0. The molecule has 108 valence electrons. The molecule has 0 saturated carbocycles. The highest BCUT2D eigenvalue weighted by Crippen LogP contribution is 2.15. The van der Waals surface area contributed by atoms with Crippen molar-refractivity contribution in [3.63, 3.8) is 0 Å². The van der Waals surface area contributed by atoms with Gasteiger partial charge in [-0.15, -0.1) is 0 Å². The van der Waals surface area contributed by atoms with Gasteiger partial charge in [-0.3, -0.25) is 0 Å². The molecule has 0 aliphatic carbocycles. The Hall–Kier alpha value is -0.130. The minimum absolute atomic E-state index is 0.120. The van der Waals surface area contributed by atoms with E-state index in [0.29, 0.717) is 19.3 Å². The van der Waals surface area contributed by atoms with E-state index in [1.54, 1.807) is 20.8 Å². The van der Waals surface area contributed by atoms with Gasteiger partial charge >= 0.3 is 0 Å². The molecule has 1 heterocycles. The third kappa shape index (κ3) is 5.24. The molecule has 1 N–H and O–H groups in total. The molecule has 0 radical (unpaired) electrons. The Labute approximate surface area is 111 Å². The molecular formula is C13H27NO3S. The highest BCUT2D eigenvalue weighted by Gasteiger charge is 2.28. The van der Waals surface area contributed by atoms with Gasteiger partial charge in [0.1, 0.15) is 0 Å². The average Bonchev–Trinajstić information content (AvgIpc) is 2.28. The van der Waals surface area contributed by atoms with Crippen molar-refractivity contribution in [1.82, 2.24) is 5.32 Å². The van der Waals surface area contributed by atoms with Gasteiger partial charge in [-0.2, -0.15) is 0 Å².